The minimum Gasteiger partial charge on any atom is -0.486 e. The molecular formula is C21H21ClN2O4. The molecule has 0 aromatic heterocycles. The molecule has 28 heavy (non-hydrogen) atoms. The van der Waals surface area contributed by atoms with Gasteiger partial charge in [0.2, 0.25) is 11.8 Å². The monoisotopic (exact) mass is 400 g/mol. The number of carbonyl (C=O) groups is 2. The average Bonchev–Trinajstić information content (AvgIpc) is 3.08. The molecule has 146 valence electrons. The van der Waals surface area contributed by atoms with Crippen LogP contribution in [0.25, 0.3) is 0 Å². The highest BCUT2D eigenvalue weighted by molar-refractivity contribution is 6.34. The van der Waals surface area contributed by atoms with Gasteiger partial charge in [-0.25, -0.2) is 0 Å². The van der Waals surface area contributed by atoms with Crippen molar-refractivity contribution in [1.82, 2.24) is 4.90 Å². The van der Waals surface area contributed by atoms with Crippen molar-refractivity contribution in [3.05, 3.63) is 53.1 Å². The van der Waals surface area contributed by atoms with E-state index < -0.39 is 5.92 Å². The molecule has 0 spiro atoms. The number of nitrogens with one attached hydrogen (secondary N) is 1. The molecule has 6 nitrogen and oxygen atoms in total. The van der Waals surface area contributed by atoms with E-state index in [2.05, 4.69) is 5.32 Å². The molecule has 7 heteroatoms. The summed E-state index contributed by atoms with van der Waals surface area (Å²) in [6, 6.07) is 13.3. The second kappa shape index (κ2) is 8.10. The van der Waals surface area contributed by atoms with Crippen LogP contribution in [0.1, 0.15) is 12.0 Å². The van der Waals surface area contributed by atoms with Crippen molar-refractivity contribution in [2.75, 3.05) is 31.6 Å². The molecule has 0 bridgehead atoms. The molecule has 0 aliphatic carbocycles. The number of amides is 2. The van der Waals surface area contributed by atoms with Gasteiger partial charge in [-0.15, -0.1) is 0 Å². The Balaban J connectivity index is 1.37. The SMILES string of the molecule is O=C(Nc1cc2c(cc1Cl)OCCO2)C1CC(=O)N(CCc2ccccc2)C1. The Morgan fingerprint density at radius 3 is 2.61 bits per heavy atom. The van der Waals surface area contributed by atoms with Gasteiger partial charge >= 0.3 is 0 Å². The fourth-order valence-corrected chi connectivity index (χ4v) is 3.67. The van der Waals surface area contributed by atoms with Crippen molar-refractivity contribution in [2.45, 2.75) is 12.8 Å². The fourth-order valence-electron chi connectivity index (χ4n) is 3.47. The van der Waals surface area contributed by atoms with Crippen LogP contribution in [0.2, 0.25) is 5.02 Å². The number of carbonyl (C=O) groups excluding carboxylic acids is 2. The van der Waals surface area contributed by atoms with E-state index in [1.807, 2.05) is 30.3 Å². The van der Waals surface area contributed by atoms with Crippen LogP contribution >= 0.6 is 11.6 Å². The lowest BCUT2D eigenvalue weighted by Gasteiger charge is -2.20. The van der Waals surface area contributed by atoms with Gasteiger partial charge in [0.05, 0.1) is 16.6 Å². The maximum Gasteiger partial charge on any atom is 0.229 e. The standard InChI is InChI=1S/C21H21ClN2O4/c22-16-11-18-19(28-9-8-27-18)12-17(16)23-21(26)15-10-20(25)24(13-15)7-6-14-4-2-1-3-5-14/h1-5,11-12,15H,6-10,13H2,(H,23,26). The van der Waals surface area contributed by atoms with Crippen LogP contribution in [-0.2, 0) is 16.0 Å². The first-order valence-electron chi connectivity index (χ1n) is 9.32. The molecule has 1 fully saturated rings. The first kappa shape index (κ1) is 18.6. The van der Waals surface area contributed by atoms with Gasteiger partial charge in [-0.1, -0.05) is 41.9 Å². The number of anilines is 1. The van der Waals surface area contributed by atoms with Crippen molar-refractivity contribution >= 4 is 29.1 Å². The fraction of sp³-hybridized carbons (Fsp3) is 0.333. The Kier molecular flexibility index (Phi) is 5.39. The molecular weight excluding hydrogens is 380 g/mol. The van der Waals surface area contributed by atoms with Gasteiger partial charge in [0.1, 0.15) is 13.2 Å². The maximum atomic E-state index is 12.7. The molecule has 2 aliphatic heterocycles. The van der Waals surface area contributed by atoms with Gasteiger partial charge in [0, 0.05) is 31.6 Å². The Morgan fingerprint density at radius 2 is 1.86 bits per heavy atom. The highest BCUT2D eigenvalue weighted by Crippen LogP contribution is 2.38. The summed E-state index contributed by atoms with van der Waals surface area (Å²) in [6.07, 6.45) is 0.984. The summed E-state index contributed by atoms with van der Waals surface area (Å²) in [5, 5.41) is 3.21. The van der Waals surface area contributed by atoms with Crippen molar-refractivity contribution in [3.8, 4) is 11.5 Å². The number of likely N-dealkylation sites (tertiary alicyclic amines) is 1. The summed E-state index contributed by atoms with van der Waals surface area (Å²) < 4.78 is 11.0. The normalized spacial score (nSPS) is 18.2. The third kappa shape index (κ3) is 4.07. The molecule has 4 rings (SSSR count). The van der Waals surface area contributed by atoms with Crippen LogP contribution in [0, 0.1) is 5.92 Å². The lowest BCUT2D eigenvalue weighted by Crippen LogP contribution is -2.30. The lowest BCUT2D eigenvalue weighted by atomic mass is 10.1. The van der Waals surface area contributed by atoms with Crippen LogP contribution in [0.5, 0.6) is 11.5 Å². The molecule has 1 saturated heterocycles. The summed E-state index contributed by atoms with van der Waals surface area (Å²) in [7, 11) is 0. The third-order valence-corrected chi connectivity index (χ3v) is 5.30. The summed E-state index contributed by atoms with van der Waals surface area (Å²) >= 11 is 6.26. The number of halogens is 1. The predicted octanol–water partition coefficient (Wildman–Crippen LogP) is 3.14. The zero-order valence-electron chi connectivity index (χ0n) is 15.3. The third-order valence-electron chi connectivity index (χ3n) is 4.99. The van der Waals surface area contributed by atoms with Crippen LogP contribution in [-0.4, -0.2) is 43.0 Å². The van der Waals surface area contributed by atoms with E-state index in [9.17, 15) is 9.59 Å². The van der Waals surface area contributed by atoms with Crippen LogP contribution in [0.15, 0.2) is 42.5 Å². The Morgan fingerprint density at radius 1 is 1.14 bits per heavy atom. The largest absolute Gasteiger partial charge is 0.486 e. The Bertz CT molecular complexity index is 887. The molecule has 1 atom stereocenters. The van der Waals surface area contributed by atoms with Gasteiger partial charge in [0.25, 0.3) is 0 Å². The molecule has 1 unspecified atom stereocenters. The van der Waals surface area contributed by atoms with Crippen molar-refractivity contribution in [2.24, 2.45) is 5.92 Å². The second-order valence-corrected chi connectivity index (χ2v) is 7.35. The molecule has 2 aromatic rings. The first-order chi connectivity index (χ1) is 13.6. The van der Waals surface area contributed by atoms with E-state index in [0.717, 1.165) is 6.42 Å². The van der Waals surface area contributed by atoms with E-state index in [1.54, 1.807) is 17.0 Å². The lowest BCUT2D eigenvalue weighted by molar-refractivity contribution is -0.128. The number of nitrogens with zero attached hydrogens (tertiary/aromatic N) is 1. The van der Waals surface area contributed by atoms with Crippen molar-refractivity contribution < 1.29 is 19.1 Å². The molecule has 2 aliphatic rings. The minimum atomic E-state index is -0.396. The van der Waals surface area contributed by atoms with E-state index in [-0.39, 0.29) is 18.2 Å². The summed E-state index contributed by atoms with van der Waals surface area (Å²) in [5.74, 6) is 0.515. The van der Waals surface area contributed by atoms with E-state index >= 15 is 0 Å². The molecule has 0 radical (unpaired) electrons. The van der Waals surface area contributed by atoms with E-state index in [1.165, 1.54) is 5.56 Å². The number of fused-ring (bicyclic) bond motifs is 1. The van der Waals surface area contributed by atoms with E-state index in [0.29, 0.717) is 48.5 Å². The smallest absolute Gasteiger partial charge is 0.229 e. The summed E-state index contributed by atoms with van der Waals surface area (Å²) in [4.78, 5) is 26.7. The van der Waals surface area contributed by atoms with Gasteiger partial charge in [-0.3, -0.25) is 9.59 Å². The zero-order valence-corrected chi connectivity index (χ0v) is 16.1. The van der Waals surface area contributed by atoms with Gasteiger partial charge in [-0.05, 0) is 12.0 Å². The van der Waals surface area contributed by atoms with Crippen LogP contribution < -0.4 is 14.8 Å². The van der Waals surface area contributed by atoms with Crippen molar-refractivity contribution in [1.29, 1.82) is 0 Å². The highest BCUT2D eigenvalue weighted by Gasteiger charge is 2.34. The van der Waals surface area contributed by atoms with Gasteiger partial charge in [-0.2, -0.15) is 0 Å². The van der Waals surface area contributed by atoms with Gasteiger partial charge in [0.15, 0.2) is 11.5 Å². The highest BCUT2D eigenvalue weighted by atomic mass is 35.5. The predicted molar refractivity (Wildman–Crippen MR) is 106 cm³/mol. The summed E-state index contributed by atoms with van der Waals surface area (Å²) in [5.41, 5.74) is 1.64. The number of ether oxygens (including phenoxy) is 2. The van der Waals surface area contributed by atoms with Gasteiger partial charge < -0.3 is 19.7 Å². The molecule has 2 aromatic carbocycles. The molecule has 1 N–H and O–H groups in total. The maximum absolute atomic E-state index is 12.7. The zero-order chi connectivity index (χ0) is 19.5. The number of hydrogen-bond acceptors (Lipinski definition) is 4. The van der Waals surface area contributed by atoms with E-state index in [4.69, 9.17) is 21.1 Å². The topological polar surface area (TPSA) is 67.9 Å². The Labute approximate surface area is 168 Å². The minimum absolute atomic E-state index is 0.00403. The molecule has 2 heterocycles. The molecule has 2 amide bonds. The number of hydrogen-bond donors (Lipinski definition) is 1. The summed E-state index contributed by atoms with van der Waals surface area (Å²) in [6.45, 7) is 1.95. The van der Waals surface area contributed by atoms with Crippen LogP contribution in [0.3, 0.4) is 0 Å². The number of benzene rings is 2. The van der Waals surface area contributed by atoms with Crippen LogP contribution in [0.4, 0.5) is 5.69 Å². The Hall–Kier alpha value is -2.73. The number of rotatable bonds is 5. The first-order valence-corrected chi connectivity index (χ1v) is 9.69. The van der Waals surface area contributed by atoms with Crippen molar-refractivity contribution in [3.63, 3.8) is 0 Å². The second-order valence-electron chi connectivity index (χ2n) is 6.94. The quantitative estimate of drug-likeness (QED) is 0.837. The molecule has 0 saturated carbocycles. The average molecular weight is 401 g/mol.